The van der Waals surface area contributed by atoms with Gasteiger partial charge < -0.3 is 24.8 Å². The zero-order chi connectivity index (χ0) is 17.9. The predicted molar refractivity (Wildman–Crippen MR) is 112 cm³/mol. The molecule has 0 spiro atoms. The summed E-state index contributed by atoms with van der Waals surface area (Å²) in [6, 6.07) is 0. The molecule has 0 aromatic carbocycles. The van der Waals surface area contributed by atoms with Crippen molar-refractivity contribution in [2.75, 3.05) is 0 Å². The van der Waals surface area contributed by atoms with Gasteiger partial charge in [0.05, 0.1) is 0 Å². The molecule has 3 aliphatic carbocycles. The standard InChI is InChI=1S/3C7H6Cl.Bi.2ClH/c3*1-6-3-2-4-7(8)5-6;;;/h3*2,4-5H,1H3;;2*1H/q;;;+2;;/p-2. The zero-order valence-electron chi connectivity index (χ0n) is 15.0. The van der Waals surface area contributed by atoms with Crippen LogP contribution in [-0.4, -0.2) is 26.2 Å². The molecule has 6 radical (unpaired) electrons. The van der Waals surface area contributed by atoms with Crippen LogP contribution in [0, 0.1) is 19.3 Å². The third-order valence-electron chi connectivity index (χ3n) is 2.72. The van der Waals surface area contributed by atoms with Gasteiger partial charge in [0.1, 0.15) is 0 Å². The molecule has 6 heteroatoms. The SMILES string of the molecule is CC1=C=CC=C(Cl)[CH]1.CC1=C=CC=C(Cl)[CH]1.CC1=C=CC=C(Cl)[CH]1.[Bi+2].[Cl-].[Cl-]. The molecule has 3 aliphatic rings. The van der Waals surface area contributed by atoms with E-state index in [1.807, 2.05) is 76.5 Å². The van der Waals surface area contributed by atoms with Crippen LogP contribution in [0.25, 0.3) is 0 Å². The topological polar surface area (TPSA) is 0 Å². The van der Waals surface area contributed by atoms with Crippen LogP contribution in [0.15, 0.2) is 85.5 Å². The maximum absolute atomic E-state index is 5.62. The maximum atomic E-state index is 5.62. The van der Waals surface area contributed by atoms with Gasteiger partial charge in [0.25, 0.3) is 0 Å². The summed E-state index contributed by atoms with van der Waals surface area (Å²) in [5.41, 5.74) is 12.2. The van der Waals surface area contributed by atoms with Crippen molar-refractivity contribution >= 4 is 61.0 Å². The average Bonchev–Trinajstić information content (AvgIpc) is 2.47. The normalized spacial score (nSPS) is 15.8. The fourth-order valence-corrected chi connectivity index (χ4v) is 2.33. The second-order valence-corrected chi connectivity index (χ2v) is 6.38. The first-order chi connectivity index (χ1) is 11.4. The van der Waals surface area contributed by atoms with Crippen molar-refractivity contribution in [3.05, 3.63) is 105 Å². The zero-order valence-corrected chi connectivity index (χ0v) is 22.3. The second-order valence-electron chi connectivity index (χ2n) is 5.07. The maximum Gasteiger partial charge on any atom is 2.00 e. The molecule has 142 valence electrons. The van der Waals surface area contributed by atoms with Crippen molar-refractivity contribution in [2.45, 2.75) is 20.8 Å². The molecule has 0 aromatic heterocycles. The molecule has 0 aromatic rings. The van der Waals surface area contributed by atoms with Gasteiger partial charge >= 0.3 is 26.2 Å². The summed E-state index contributed by atoms with van der Waals surface area (Å²) < 4.78 is 0. The summed E-state index contributed by atoms with van der Waals surface area (Å²) in [6.07, 6.45) is 16.5. The minimum absolute atomic E-state index is 0. The van der Waals surface area contributed by atoms with E-state index in [0.29, 0.717) is 0 Å². The molecule has 0 N–H and O–H groups in total. The fourth-order valence-electron chi connectivity index (χ4n) is 1.65. The van der Waals surface area contributed by atoms with Crippen molar-refractivity contribution in [1.82, 2.24) is 0 Å². The van der Waals surface area contributed by atoms with Gasteiger partial charge in [-0.1, -0.05) is 34.8 Å². The van der Waals surface area contributed by atoms with E-state index < -0.39 is 0 Å². The van der Waals surface area contributed by atoms with Gasteiger partial charge in [0.15, 0.2) is 0 Å². The molecule has 0 heterocycles. The van der Waals surface area contributed by atoms with Crippen LogP contribution < -0.4 is 24.8 Å². The number of halogens is 5. The van der Waals surface area contributed by atoms with Gasteiger partial charge in [0, 0.05) is 34.4 Å². The minimum Gasteiger partial charge on any atom is -1.00 e. The molecular weight excluding hydrogens is 638 g/mol. The third kappa shape index (κ3) is 16.7. The molecule has 27 heavy (non-hydrogen) atoms. The predicted octanol–water partition coefficient (Wildman–Crippen LogP) is 0.912. The molecule has 0 aliphatic heterocycles. The fraction of sp³-hybridized carbons (Fsp3) is 0.143. The Balaban J connectivity index is -0.000000303. The van der Waals surface area contributed by atoms with E-state index in [1.165, 1.54) is 0 Å². The number of hydrogen-bond donors (Lipinski definition) is 0. The molecular formula is C21H18BiCl5. The molecule has 0 nitrogen and oxygen atoms in total. The van der Waals surface area contributed by atoms with E-state index in [9.17, 15) is 0 Å². The summed E-state index contributed by atoms with van der Waals surface area (Å²) in [7, 11) is 0. The Morgan fingerprint density at radius 1 is 0.556 bits per heavy atom. The average molecular weight is 657 g/mol. The molecule has 0 saturated heterocycles. The van der Waals surface area contributed by atoms with Gasteiger partial charge in [-0.3, -0.25) is 0 Å². The summed E-state index contributed by atoms with van der Waals surface area (Å²) in [5, 5.41) is 2.34. The van der Waals surface area contributed by atoms with E-state index in [1.54, 1.807) is 0 Å². The monoisotopic (exact) mass is 654 g/mol. The first kappa shape index (κ1) is 31.8. The summed E-state index contributed by atoms with van der Waals surface area (Å²) >= 11 is 16.9. The quantitative estimate of drug-likeness (QED) is 0.269. The second kappa shape index (κ2) is 18.2. The Bertz CT molecular complexity index is 658. The molecule has 0 saturated carbocycles. The molecule has 3 rings (SSSR count). The molecule has 0 unspecified atom stereocenters. The molecule has 0 amide bonds. The number of allylic oxidation sites excluding steroid dienone is 9. The Labute approximate surface area is 209 Å². The van der Waals surface area contributed by atoms with Gasteiger partial charge in [-0.05, 0) is 73.9 Å². The number of hydrogen-bond acceptors (Lipinski definition) is 0. The largest absolute Gasteiger partial charge is 2.00 e. The van der Waals surface area contributed by atoms with Crippen LogP contribution in [0.2, 0.25) is 0 Å². The minimum atomic E-state index is 0. The van der Waals surface area contributed by atoms with Gasteiger partial charge in [-0.2, -0.15) is 0 Å². The van der Waals surface area contributed by atoms with E-state index in [2.05, 4.69) is 17.2 Å². The Morgan fingerprint density at radius 3 is 0.889 bits per heavy atom. The van der Waals surface area contributed by atoms with Crippen molar-refractivity contribution in [3.8, 4) is 0 Å². The van der Waals surface area contributed by atoms with Crippen molar-refractivity contribution in [3.63, 3.8) is 0 Å². The molecule has 0 bridgehead atoms. The summed E-state index contributed by atoms with van der Waals surface area (Å²) in [5.74, 6) is 0. The molecule has 0 fully saturated rings. The van der Waals surface area contributed by atoms with Crippen LogP contribution >= 0.6 is 34.8 Å². The van der Waals surface area contributed by atoms with Crippen LogP contribution in [0.1, 0.15) is 20.8 Å². The third-order valence-corrected chi connectivity index (χ3v) is 3.43. The van der Waals surface area contributed by atoms with Crippen LogP contribution in [0.4, 0.5) is 0 Å². The van der Waals surface area contributed by atoms with Crippen molar-refractivity contribution in [1.29, 1.82) is 0 Å². The first-order valence-corrected chi connectivity index (χ1v) is 8.41. The smallest absolute Gasteiger partial charge is 1.00 e. The van der Waals surface area contributed by atoms with Gasteiger partial charge in [-0.25, -0.2) is 0 Å². The van der Waals surface area contributed by atoms with Crippen molar-refractivity contribution in [2.24, 2.45) is 0 Å². The number of rotatable bonds is 0. The summed E-state index contributed by atoms with van der Waals surface area (Å²) in [4.78, 5) is 0. The van der Waals surface area contributed by atoms with Crippen LogP contribution in [0.5, 0.6) is 0 Å². The first-order valence-electron chi connectivity index (χ1n) is 7.28. The summed E-state index contributed by atoms with van der Waals surface area (Å²) in [6.45, 7) is 5.89. The van der Waals surface area contributed by atoms with E-state index in [4.69, 9.17) is 34.8 Å². The van der Waals surface area contributed by atoms with Gasteiger partial charge in [-0.15, -0.1) is 17.2 Å². The Kier molecular flexibility index (Phi) is 21.4. The van der Waals surface area contributed by atoms with Crippen LogP contribution in [-0.2, 0) is 0 Å². The molecule has 0 atom stereocenters. The van der Waals surface area contributed by atoms with Crippen LogP contribution in [0.3, 0.4) is 0 Å². The van der Waals surface area contributed by atoms with E-state index in [0.717, 1.165) is 31.8 Å². The van der Waals surface area contributed by atoms with Crippen molar-refractivity contribution < 1.29 is 24.8 Å². The van der Waals surface area contributed by atoms with E-state index >= 15 is 0 Å². The van der Waals surface area contributed by atoms with Gasteiger partial charge in [0.2, 0.25) is 0 Å². The van der Waals surface area contributed by atoms with E-state index in [-0.39, 0.29) is 51.0 Å². The Hall–Kier alpha value is 0.113. The Morgan fingerprint density at radius 2 is 0.778 bits per heavy atom.